The highest BCUT2D eigenvalue weighted by Gasteiger charge is 2.19. The number of hydrogen-bond donors (Lipinski definition) is 3. The molecule has 0 saturated heterocycles. The van der Waals surface area contributed by atoms with Gasteiger partial charge in [-0.3, -0.25) is 9.59 Å². The monoisotopic (exact) mass is 269 g/mol. The second-order valence-electron chi connectivity index (χ2n) is 4.43. The number of nitrogens with zero attached hydrogens (tertiary/aromatic N) is 3. The first kappa shape index (κ1) is 15.1. The number of aliphatic carboxylic acids is 1. The zero-order valence-corrected chi connectivity index (χ0v) is 11.0. The van der Waals surface area contributed by atoms with Crippen LogP contribution < -0.4 is 11.1 Å². The molecule has 0 aliphatic heterocycles. The highest BCUT2D eigenvalue weighted by Crippen LogP contribution is 2.05. The highest BCUT2D eigenvalue weighted by molar-refractivity contribution is 5.81. The Balaban J connectivity index is 2.46. The molecule has 0 saturated carbocycles. The Bertz CT molecular complexity index is 445. The second-order valence-corrected chi connectivity index (χ2v) is 4.43. The average Bonchev–Trinajstić information content (AvgIpc) is 2.80. The van der Waals surface area contributed by atoms with Gasteiger partial charge >= 0.3 is 5.97 Å². The maximum atomic E-state index is 11.7. The van der Waals surface area contributed by atoms with Crippen molar-refractivity contribution in [2.45, 2.75) is 39.4 Å². The summed E-state index contributed by atoms with van der Waals surface area (Å²) >= 11 is 0. The van der Waals surface area contributed by atoms with Crippen molar-refractivity contribution in [1.82, 2.24) is 20.3 Å². The standard InChI is InChI=1S/C11H19N5O3/c1-3-7(2)10(12)11(19)13-4-8-5-16(15-14-8)6-9(17)18/h5,7,10H,3-4,6,12H2,1-2H3,(H,13,19)(H,17,18)/t7-,10-/m0/s1. The maximum Gasteiger partial charge on any atom is 0.325 e. The Morgan fingerprint density at radius 3 is 2.84 bits per heavy atom. The van der Waals surface area contributed by atoms with E-state index >= 15 is 0 Å². The molecule has 0 aliphatic carbocycles. The van der Waals surface area contributed by atoms with E-state index in [1.807, 2.05) is 13.8 Å². The van der Waals surface area contributed by atoms with Crippen molar-refractivity contribution in [3.8, 4) is 0 Å². The van der Waals surface area contributed by atoms with Gasteiger partial charge in [0.25, 0.3) is 0 Å². The van der Waals surface area contributed by atoms with Gasteiger partial charge < -0.3 is 16.2 Å². The summed E-state index contributed by atoms with van der Waals surface area (Å²) in [5.74, 6) is -1.15. The average molecular weight is 269 g/mol. The van der Waals surface area contributed by atoms with E-state index in [0.29, 0.717) is 5.69 Å². The smallest absolute Gasteiger partial charge is 0.325 e. The van der Waals surface area contributed by atoms with Crippen LogP contribution in [0.25, 0.3) is 0 Å². The minimum Gasteiger partial charge on any atom is -0.480 e. The van der Waals surface area contributed by atoms with Gasteiger partial charge in [0.2, 0.25) is 5.91 Å². The molecule has 0 aliphatic rings. The molecule has 1 rings (SSSR count). The topological polar surface area (TPSA) is 123 Å². The van der Waals surface area contributed by atoms with E-state index in [9.17, 15) is 9.59 Å². The number of hydrogen-bond acceptors (Lipinski definition) is 5. The van der Waals surface area contributed by atoms with Gasteiger partial charge in [-0.05, 0) is 5.92 Å². The van der Waals surface area contributed by atoms with Crippen molar-refractivity contribution in [2.75, 3.05) is 0 Å². The Morgan fingerprint density at radius 1 is 1.58 bits per heavy atom. The summed E-state index contributed by atoms with van der Waals surface area (Å²) in [5.41, 5.74) is 6.27. The number of aromatic nitrogens is 3. The normalized spacial score (nSPS) is 13.8. The van der Waals surface area contributed by atoms with Gasteiger partial charge in [0.05, 0.1) is 18.8 Å². The molecule has 8 nitrogen and oxygen atoms in total. The number of rotatable bonds is 7. The maximum absolute atomic E-state index is 11.7. The van der Waals surface area contributed by atoms with E-state index in [0.717, 1.165) is 6.42 Å². The SMILES string of the molecule is CC[C@H](C)[C@H](N)C(=O)NCc1cn(CC(=O)O)nn1. The van der Waals surface area contributed by atoms with E-state index in [2.05, 4.69) is 15.6 Å². The Hall–Kier alpha value is -1.96. The first-order valence-electron chi connectivity index (χ1n) is 6.08. The van der Waals surface area contributed by atoms with Gasteiger partial charge in [-0.1, -0.05) is 25.5 Å². The summed E-state index contributed by atoms with van der Waals surface area (Å²) < 4.78 is 1.19. The number of carbonyl (C=O) groups excluding carboxylic acids is 1. The minimum absolute atomic E-state index is 0.0997. The Kier molecular flexibility index (Phi) is 5.43. The third-order valence-corrected chi connectivity index (χ3v) is 2.89. The molecule has 1 heterocycles. The molecule has 8 heteroatoms. The Labute approximate surface area is 111 Å². The van der Waals surface area contributed by atoms with Crippen molar-refractivity contribution < 1.29 is 14.7 Å². The van der Waals surface area contributed by atoms with Crippen LogP contribution in [0.4, 0.5) is 0 Å². The minimum atomic E-state index is -1.00. The number of carboxylic acid groups (broad SMARTS) is 1. The fourth-order valence-electron chi connectivity index (χ4n) is 1.44. The molecule has 106 valence electrons. The fourth-order valence-corrected chi connectivity index (χ4v) is 1.44. The van der Waals surface area contributed by atoms with Gasteiger partial charge in [-0.25, -0.2) is 4.68 Å². The lowest BCUT2D eigenvalue weighted by Gasteiger charge is -2.17. The van der Waals surface area contributed by atoms with Gasteiger partial charge in [0.15, 0.2) is 0 Å². The molecule has 0 spiro atoms. The predicted octanol–water partition coefficient (Wildman–Crippen LogP) is -0.648. The molecule has 0 radical (unpaired) electrons. The van der Waals surface area contributed by atoms with Gasteiger partial charge in [0, 0.05) is 0 Å². The van der Waals surface area contributed by atoms with Gasteiger partial charge in [-0.15, -0.1) is 5.10 Å². The van der Waals surface area contributed by atoms with Crippen molar-refractivity contribution >= 4 is 11.9 Å². The molecule has 4 N–H and O–H groups in total. The van der Waals surface area contributed by atoms with Crippen molar-refractivity contribution in [2.24, 2.45) is 11.7 Å². The fraction of sp³-hybridized carbons (Fsp3) is 0.636. The summed E-state index contributed by atoms with van der Waals surface area (Å²) in [6.07, 6.45) is 2.30. The lowest BCUT2D eigenvalue weighted by molar-refractivity contribution is -0.138. The molecule has 0 fully saturated rings. The summed E-state index contributed by atoms with van der Waals surface area (Å²) in [7, 11) is 0. The summed E-state index contributed by atoms with van der Waals surface area (Å²) in [5, 5.41) is 18.6. The third kappa shape index (κ3) is 4.66. The summed E-state index contributed by atoms with van der Waals surface area (Å²) in [6, 6.07) is -0.556. The molecular formula is C11H19N5O3. The molecule has 1 amide bonds. The highest BCUT2D eigenvalue weighted by atomic mass is 16.4. The first-order valence-corrected chi connectivity index (χ1v) is 6.08. The third-order valence-electron chi connectivity index (χ3n) is 2.89. The van der Waals surface area contributed by atoms with Crippen LogP contribution in [-0.4, -0.2) is 38.0 Å². The molecule has 0 bridgehead atoms. The second kappa shape index (κ2) is 6.83. The molecule has 19 heavy (non-hydrogen) atoms. The first-order chi connectivity index (χ1) is 8.93. The van der Waals surface area contributed by atoms with E-state index in [-0.39, 0.29) is 24.9 Å². The van der Waals surface area contributed by atoms with E-state index in [1.54, 1.807) is 0 Å². The van der Waals surface area contributed by atoms with Crippen molar-refractivity contribution in [1.29, 1.82) is 0 Å². The number of amides is 1. The van der Waals surface area contributed by atoms with Crippen LogP contribution in [0.3, 0.4) is 0 Å². The van der Waals surface area contributed by atoms with E-state index in [4.69, 9.17) is 10.8 Å². The number of nitrogens with one attached hydrogen (secondary N) is 1. The van der Waals surface area contributed by atoms with Crippen LogP contribution in [0, 0.1) is 5.92 Å². The van der Waals surface area contributed by atoms with E-state index in [1.165, 1.54) is 10.9 Å². The molecule has 2 atom stereocenters. The van der Waals surface area contributed by atoms with E-state index < -0.39 is 12.0 Å². The lowest BCUT2D eigenvalue weighted by Crippen LogP contribution is -2.44. The number of carboxylic acids is 1. The van der Waals surface area contributed by atoms with Gasteiger partial charge in [0.1, 0.15) is 12.2 Å². The van der Waals surface area contributed by atoms with Crippen LogP contribution in [-0.2, 0) is 22.7 Å². The van der Waals surface area contributed by atoms with Crippen LogP contribution in [0.15, 0.2) is 6.20 Å². The van der Waals surface area contributed by atoms with Crippen LogP contribution >= 0.6 is 0 Å². The molecule has 0 unspecified atom stereocenters. The van der Waals surface area contributed by atoms with Crippen LogP contribution in [0.2, 0.25) is 0 Å². The molecule has 0 aromatic carbocycles. The lowest BCUT2D eigenvalue weighted by atomic mass is 9.99. The van der Waals surface area contributed by atoms with Gasteiger partial charge in [-0.2, -0.15) is 0 Å². The molecular weight excluding hydrogens is 250 g/mol. The summed E-state index contributed by atoms with van der Waals surface area (Å²) in [6.45, 7) is 3.80. The Morgan fingerprint density at radius 2 is 2.26 bits per heavy atom. The molecule has 1 aromatic heterocycles. The quantitative estimate of drug-likeness (QED) is 0.604. The largest absolute Gasteiger partial charge is 0.480 e. The zero-order chi connectivity index (χ0) is 14.4. The number of carbonyl (C=O) groups is 2. The predicted molar refractivity (Wildman–Crippen MR) is 66.9 cm³/mol. The van der Waals surface area contributed by atoms with Crippen LogP contribution in [0.5, 0.6) is 0 Å². The summed E-state index contributed by atoms with van der Waals surface area (Å²) in [4.78, 5) is 22.2. The zero-order valence-electron chi connectivity index (χ0n) is 11.0. The van der Waals surface area contributed by atoms with Crippen LogP contribution in [0.1, 0.15) is 26.0 Å². The van der Waals surface area contributed by atoms with Crippen molar-refractivity contribution in [3.05, 3.63) is 11.9 Å². The molecule has 1 aromatic rings. The number of nitrogens with two attached hydrogens (primary N) is 1. The van der Waals surface area contributed by atoms with Crippen molar-refractivity contribution in [3.63, 3.8) is 0 Å².